The van der Waals surface area contributed by atoms with Crippen molar-refractivity contribution in [1.82, 2.24) is 9.55 Å². The first-order valence-electron chi connectivity index (χ1n) is 6.80. The highest BCUT2D eigenvalue weighted by Crippen LogP contribution is 2.39. The number of ether oxygens (including phenoxy) is 1. The Labute approximate surface area is 113 Å². The summed E-state index contributed by atoms with van der Waals surface area (Å²) < 4.78 is 8.25. The lowest BCUT2D eigenvalue weighted by molar-refractivity contribution is 0.153. The van der Waals surface area contributed by atoms with Gasteiger partial charge in [0.15, 0.2) is 0 Å². The van der Waals surface area contributed by atoms with Crippen LogP contribution in [0, 0.1) is 0 Å². The van der Waals surface area contributed by atoms with Crippen LogP contribution < -0.4 is 10.5 Å². The largest absolute Gasteiger partial charge is 0.484 e. The standard InChI is InChI=1S/C15H19N3O/c1-2-7-18-10-17-9-13(18)15-8-12(16)11-5-3-4-6-14(11)19-15/h3-6,9-10,12,15H,2,7-8,16H2,1H3/t12-,15?/m0/s1. The maximum absolute atomic E-state index is 6.26. The van der Waals surface area contributed by atoms with Crippen molar-refractivity contribution in [2.75, 3.05) is 0 Å². The molecule has 0 fully saturated rings. The van der Waals surface area contributed by atoms with Gasteiger partial charge in [-0.1, -0.05) is 25.1 Å². The highest BCUT2D eigenvalue weighted by Gasteiger charge is 2.28. The lowest BCUT2D eigenvalue weighted by Crippen LogP contribution is -2.25. The summed E-state index contributed by atoms with van der Waals surface area (Å²) in [5, 5.41) is 0. The zero-order valence-corrected chi connectivity index (χ0v) is 11.1. The first-order valence-corrected chi connectivity index (χ1v) is 6.80. The van der Waals surface area contributed by atoms with Crippen molar-refractivity contribution in [2.24, 2.45) is 5.73 Å². The number of benzene rings is 1. The third-order valence-electron chi connectivity index (χ3n) is 3.59. The number of nitrogens with zero attached hydrogens (tertiary/aromatic N) is 2. The second-order valence-corrected chi connectivity index (χ2v) is 5.00. The van der Waals surface area contributed by atoms with Gasteiger partial charge in [-0.25, -0.2) is 4.98 Å². The first-order chi connectivity index (χ1) is 9.29. The lowest BCUT2D eigenvalue weighted by Gasteiger charge is -2.30. The van der Waals surface area contributed by atoms with Gasteiger partial charge in [0.2, 0.25) is 0 Å². The Balaban J connectivity index is 1.90. The molecule has 2 heterocycles. The molecule has 4 heteroatoms. The predicted molar refractivity (Wildman–Crippen MR) is 73.9 cm³/mol. The molecule has 1 aromatic carbocycles. The Hall–Kier alpha value is -1.81. The van der Waals surface area contributed by atoms with Crippen LogP contribution in [0.2, 0.25) is 0 Å². The Morgan fingerprint density at radius 2 is 2.26 bits per heavy atom. The van der Waals surface area contributed by atoms with E-state index in [0.717, 1.165) is 36.4 Å². The van der Waals surface area contributed by atoms with Gasteiger partial charge >= 0.3 is 0 Å². The molecule has 4 nitrogen and oxygen atoms in total. The van der Waals surface area contributed by atoms with Crippen molar-refractivity contribution < 1.29 is 4.74 Å². The van der Waals surface area contributed by atoms with Crippen molar-refractivity contribution in [2.45, 2.75) is 38.5 Å². The van der Waals surface area contributed by atoms with Crippen LogP contribution in [0.5, 0.6) is 5.75 Å². The summed E-state index contributed by atoms with van der Waals surface area (Å²) in [5.41, 5.74) is 8.47. The summed E-state index contributed by atoms with van der Waals surface area (Å²) >= 11 is 0. The monoisotopic (exact) mass is 257 g/mol. The molecule has 1 aliphatic heterocycles. The van der Waals surface area contributed by atoms with Gasteiger partial charge < -0.3 is 15.0 Å². The number of imidazole rings is 1. The van der Waals surface area contributed by atoms with Crippen LogP contribution in [-0.2, 0) is 6.54 Å². The van der Waals surface area contributed by atoms with Gasteiger partial charge in [-0.05, 0) is 12.5 Å². The Bertz CT molecular complexity index is 564. The predicted octanol–water partition coefficient (Wildman–Crippen LogP) is 2.82. The van der Waals surface area contributed by atoms with Crippen molar-refractivity contribution in [1.29, 1.82) is 0 Å². The molecule has 1 unspecified atom stereocenters. The normalized spacial score (nSPS) is 21.8. The number of nitrogens with two attached hydrogens (primary N) is 1. The Kier molecular flexibility index (Phi) is 3.25. The number of aryl methyl sites for hydroxylation is 1. The van der Waals surface area contributed by atoms with E-state index in [9.17, 15) is 0 Å². The molecule has 2 aromatic rings. The van der Waals surface area contributed by atoms with Gasteiger partial charge in [0.1, 0.15) is 11.9 Å². The molecule has 100 valence electrons. The number of hydrogen-bond donors (Lipinski definition) is 1. The molecule has 0 saturated heterocycles. The summed E-state index contributed by atoms with van der Waals surface area (Å²) in [6.45, 7) is 3.12. The fourth-order valence-corrected chi connectivity index (χ4v) is 2.66. The molecule has 0 saturated carbocycles. The number of hydrogen-bond acceptors (Lipinski definition) is 3. The van der Waals surface area contributed by atoms with E-state index in [4.69, 9.17) is 10.5 Å². The Morgan fingerprint density at radius 3 is 3.11 bits per heavy atom. The summed E-state index contributed by atoms with van der Waals surface area (Å²) in [4.78, 5) is 4.24. The highest BCUT2D eigenvalue weighted by molar-refractivity contribution is 5.38. The van der Waals surface area contributed by atoms with E-state index in [1.54, 1.807) is 0 Å². The van der Waals surface area contributed by atoms with Gasteiger partial charge in [-0.3, -0.25) is 0 Å². The topological polar surface area (TPSA) is 53.1 Å². The van der Waals surface area contributed by atoms with E-state index >= 15 is 0 Å². The second kappa shape index (κ2) is 5.05. The van der Waals surface area contributed by atoms with E-state index in [2.05, 4.69) is 16.5 Å². The van der Waals surface area contributed by atoms with Gasteiger partial charge in [0.25, 0.3) is 0 Å². The van der Waals surface area contributed by atoms with Crippen LogP contribution in [0.3, 0.4) is 0 Å². The molecule has 0 aliphatic carbocycles. The van der Waals surface area contributed by atoms with E-state index in [0.29, 0.717) is 0 Å². The van der Waals surface area contributed by atoms with Crippen LogP contribution in [-0.4, -0.2) is 9.55 Å². The van der Waals surface area contributed by atoms with E-state index in [1.165, 1.54) is 0 Å². The van der Waals surface area contributed by atoms with Gasteiger partial charge in [0.05, 0.1) is 18.2 Å². The molecule has 1 aromatic heterocycles. The van der Waals surface area contributed by atoms with Crippen molar-refractivity contribution >= 4 is 0 Å². The highest BCUT2D eigenvalue weighted by atomic mass is 16.5. The maximum Gasteiger partial charge on any atom is 0.142 e. The van der Waals surface area contributed by atoms with Crippen LogP contribution in [0.25, 0.3) is 0 Å². The molecule has 0 spiro atoms. The fraction of sp³-hybridized carbons (Fsp3) is 0.400. The second-order valence-electron chi connectivity index (χ2n) is 5.00. The van der Waals surface area contributed by atoms with E-state index < -0.39 is 0 Å². The SMILES string of the molecule is CCCn1cncc1C1C[C@H](N)c2ccccc2O1. The van der Waals surface area contributed by atoms with E-state index in [1.807, 2.05) is 36.8 Å². The minimum Gasteiger partial charge on any atom is -0.484 e. The molecule has 2 N–H and O–H groups in total. The van der Waals surface area contributed by atoms with Crippen LogP contribution >= 0.6 is 0 Å². The van der Waals surface area contributed by atoms with Gasteiger partial charge in [-0.15, -0.1) is 0 Å². The molecule has 3 rings (SSSR count). The molecule has 2 atom stereocenters. The number of rotatable bonds is 3. The lowest BCUT2D eigenvalue weighted by atomic mass is 9.96. The number of aromatic nitrogens is 2. The van der Waals surface area contributed by atoms with Crippen LogP contribution in [0.1, 0.15) is 43.2 Å². The maximum atomic E-state index is 6.26. The number of para-hydroxylation sites is 1. The Morgan fingerprint density at radius 1 is 1.42 bits per heavy atom. The quantitative estimate of drug-likeness (QED) is 0.920. The molecular formula is C15H19N3O. The van der Waals surface area contributed by atoms with Crippen molar-refractivity contribution in [3.05, 3.63) is 48.0 Å². The zero-order valence-electron chi connectivity index (χ0n) is 11.1. The van der Waals surface area contributed by atoms with Crippen molar-refractivity contribution in [3.63, 3.8) is 0 Å². The van der Waals surface area contributed by atoms with Crippen molar-refractivity contribution in [3.8, 4) is 5.75 Å². The van der Waals surface area contributed by atoms with E-state index in [-0.39, 0.29) is 12.1 Å². The third kappa shape index (κ3) is 2.24. The van der Waals surface area contributed by atoms with Crippen LogP contribution in [0.15, 0.2) is 36.8 Å². The number of fused-ring (bicyclic) bond motifs is 1. The fourth-order valence-electron chi connectivity index (χ4n) is 2.66. The average Bonchev–Trinajstić information content (AvgIpc) is 2.87. The minimum atomic E-state index is -0.000972. The zero-order chi connectivity index (χ0) is 13.2. The molecule has 0 amide bonds. The smallest absolute Gasteiger partial charge is 0.142 e. The average molecular weight is 257 g/mol. The van der Waals surface area contributed by atoms with Crippen LogP contribution in [0.4, 0.5) is 0 Å². The first kappa shape index (κ1) is 12.2. The summed E-state index contributed by atoms with van der Waals surface area (Å²) in [5.74, 6) is 0.899. The molecule has 1 aliphatic rings. The molecular weight excluding hydrogens is 238 g/mol. The van der Waals surface area contributed by atoms with Gasteiger partial charge in [0, 0.05) is 24.6 Å². The minimum absolute atomic E-state index is 0.000972. The van der Waals surface area contributed by atoms with Gasteiger partial charge in [-0.2, -0.15) is 0 Å². The summed E-state index contributed by atoms with van der Waals surface area (Å²) in [6.07, 6.45) is 5.64. The summed E-state index contributed by atoms with van der Waals surface area (Å²) in [6, 6.07) is 8.04. The molecule has 0 radical (unpaired) electrons. The summed E-state index contributed by atoms with van der Waals surface area (Å²) in [7, 11) is 0. The molecule has 19 heavy (non-hydrogen) atoms. The molecule has 0 bridgehead atoms. The third-order valence-corrected chi connectivity index (χ3v) is 3.59.